The van der Waals surface area contributed by atoms with Crippen molar-refractivity contribution in [3.8, 4) is 5.82 Å². The van der Waals surface area contributed by atoms with Gasteiger partial charge in [-0.25, -0.2) is 14.5 Å². The Labute approximate surface area is 143 Å². The molecule has 0 spiro atoms. The second-order valence-electron chi connectivity index (χ2n) is 5.44. The number of aromatic nitrogens is 5. The molecular formula is C16H16ClN5O2. The highest BCUT2D eigenvalue weighted by Crippen LogP contribution is 2.19. The van der Waals surface area contributed by atoms with Gasteiger partial charge >= 0.3 is 5.97 Å². The maximum atomic E-state index is 12.3. The first kappa shape index (κ1) is 16.2. The molecule has 3 aromatic heterocycles. The van der Waals surface area contributed by atoms with E-state index in [1.165, 1.54) is 0 Å². The number of aryl methyl sites for hydroxylation is 3. The first-order valence-corrected chi connectivity index (χ1v) is 7.66. The molecule has 0 atom stereocenters. The third-order valence-corrected chi connectivity index (χ3v) is 3.68. The molecule has 0 aliphatic heterocycles. The van der Waals surface area contributed by atoms with Gasteiger partial charge in [-0.05, 0) is 32.0 Å². The summed E-state index contributed by atoms with van der Waals surface area (Å²) < 4.78 is 8.56. The van der Waals surface area contributed by atoms with Crippen LogP contribution in [0.15, 0.2) is 30.6 Å². The minimum atomic E-state index is -0.591. The van der Waals surface area contributed by atoms with Crippen molar-refractivity contribution < 1.29 is 9.53 Å². The van der Waals surface area contributed by atoms with E-state index in [2.05, 4.69) is 15.2 Å². The highest BCUT2D eigenvalue weighted by Gasteiger charge is 2.17. The van der Waals surface area contributed by atoms with Crippen molar-refractivity contribution in [1.82, 2.24) is 24.5 Å². The summed E-state index contributed by atoms with van der Waals surface area (Å²) in [5, 5.41) is 8.61. The molecule has 0 unspecified atom stereocenters. The second kappa shape index (κ2) is 6.45. The van der Waals surface area contributed by atoms with Gasteiger partial charge in [0.05, 0.1) is 16.9 Å². The normalized spacial score (nSPS) is 10.8. The van der Waals surface area contributed by atoms with Crippen molar-refractivity contribution in [3.05, 3.63) is 58.3 Å². The molecule has 0 aromatic carbocycles. The Balaban J connectivity index is 1.83. The molecule has 3 aromatic rings. The first-order chi connectivity index (χ1) is 11.4. The number of hydrogen-bond acceptors (Lipinski definition) is 5. The minimum absolute atomic E-state index is 0.0608. The quantitative estimate of drug-likeness (QED) is 0.679. The summed E-state index contributed by atoms with van der Waals surface area (Å²) in [5.74, 6) is -0.0782. The zero-order valence-electron chi connectivity index (χ0n) is 13.5. The van der Waals surface area contributed by atoms with Crippen molar-refractivity contribution in [2.24, 2.45) is 7.05 Å². The van der Waals surface area contributed by atoms with E-state index in [1.807, 2.05) is 19.9 Å². The van der Waals surface area contributed by atoms with E-state index in [0.29, 0.717) is 5.82 Å². The number of esters is 1. The van der Waals surface area contributed by atoms with Crippen LogP contribution in [0.1, 0.15) is 27.4 Å². The van der Waals surface area contributed by atoms with E-state index < -0.39 is 5.97 Å². The third kappa shape index (κ3) is 3.30. The fourth-order valence-electron chi connectivity index (χ4n) is 2.32. The fraction of sp³-hybridized carbons (Fsp3) is 0.250. The predicted octanol–water partition coefficient (Wildman–Crippen LogP) is 2.63. The van der Waals surface area contributed by atoms with Crippen LogP contribution in [0.25, 0.3) is 5.82 Å². The zero-order valence-corrected chi connectivity index (χ0v) is 14.3. The van der Waals surface area contributed by atoms with Crippen LogP contribution in [0.3, 0.4) is 0 Å². The lowest BCUT2D eigenvalue weighted by Gasteiger charge is -2.08. The molecule has 0 aliphatic rings. The molecule has 0 amide bonds. The van der Waals surface area contributed by atoms with Crippen LogP contribution < -0.4 is 0 Å². The molecule has 0 saturated heterocycles. The van der Waals surface area contributed by atoms with Gasteiger partial charge in [-0.2, -0.15) is 10.2 Å². The molecule has 0 N–H and O–H groups in total. The van der Waals surface area contributed by atoms with Gasteiger partial charge < -0.3 is 4.74 Å². The van der Waals surface area contributed by atoms with Crippen molar-refractivity contribution in [3.63, 3.8) is 0 Å². The van der Waals surface area contributed by atoms with Gasteiger partial charge in [0.1, 0.15) is 6.61 Å². The average Bonchev–Trinajstić information content (AvgIpc) is 3.10. The molecule has 124 valence electrons. The van der Waals surface area contributed by atoms with E-state index in [9.17, 15) is 4.79 Å². The summed E-state index contributed by atoms with van der Waals surface area (Å²) in [4.78, 5) is 16.6. The SMILES string of the molecule is Cc1cc(C)n(-c2ccc(Cl)c(C(=O)OCc3cnn(C)c3)n2)n1. The number of halogens is 1. The molecule has 0 fully saturated rings. The van der Waals surface area contributed by atoms with E-state index in [0.717, 1.165) is 17.0 Å². The van der Waals surface area contributed by atoms with Crippen LogP contribution in [0.2, 0.25) is 5.02 Å². The topological polar surface area (TPSA) is 74.8 Å². The first-order valence-electron chi connectivity index (χ1n) is 7.29. The maximum absolute atomic E-state index is 12.3. The summed E-state index contributed by atoms with van der Waals surface area (Å²) in [6, 6.07) is 5.25. The van der Waals surface area contributed by atoms with Crippen molar-refractivity contribution >= 4 is 17.6 Å². The lowest BCUT2D eigenvalue weighted by atomic mass is 10.3. The Morgan fingerprint density at radius 3 is 2.75 bits per heavy atom. The van der Waals surface area contributed by atoms with Crippen LogP contribution in [-0.2, 0) is 18.4 Å². The van der Waals surface area contributed by atoms with Gasteiger partial charge in [-0.1, -0.05) is 11.6 Å². The lowest BCUT2D eigenvalue weighted by Crippen LogP contribution is -2.11. The summed E-state index contributed by atoms with van der Waals surface area (Å²) in [6.45, 7) is 3.91. The molecule has 0 radical (unpaired) electrons. The Bertz CT molecular complexity index is 900. The number of hydrogen-bond donors (Lipinski definition) is 0. The molecule has 0 aliphatic carbocycles. The van der Waals surface area contributed by atoms with Crippen LogP contribution >= 0.6 is 11.6 Å². The molecule has 3 heterocycles. The largest absolute Gasteiger partial charge is 0.456 e. The van der Waals surface area contributed by atoms with E-state index in [4.69, 9.17) is 16.3 Å². The fourth-order valence-corrected chi connectivity index (χ4v) is 2.50. The third-order valence-electron chi connectivity index (χ3n) is 3.38. The van der Waals surface area contributed by atoms with Gasteiger partial charge in [0, 0.05) is 24.5 Å². The molecule has 3 rings (SSSR count). The van der Waals surface area contributed by atoms with E-state index in [-0.39, 0.29) is 17.3 Å². The molecule has 0 saturated carbocycles. The summed E-state index contributed by atoms with van der Waals surface area (Å²) in [5.41, 5.74) is 2.63. The van der Waals surface area contributed by atoms with Crippen molar-refractivity contribution in [2.75, 3.05) is 0 Å². The molecule has 8 heteroatoms. The summed E-state index contributed by atoms with van der Waals surface area (Å²) in [7, 11) is 1.79. The highest BCUT2D eigenvalue weighted by atomic mass is 35.5. The minimum Gasteiger partial charge on any atom is -0.456 e. The van der Waals surface area contributed by atoms with E-state index in [1.54, 1.807) is 40.9 Å². The molecule has 24 heavy (non-hydrogen) atoms. The maximum Gasteiger partial charge on any atom is 0.358 e. The van der Waals surface area contributed by atoms with Gasteiger partial charge in [-0.3, -0.25) is 4.68 Å². The molecular weight excluding hydrogens is 330 g/mol. The predicted molar refractivity (Wildman–Crippen MR) is 88.2 cm³/mol. The summed E-state index contributed by atoms with van der Waals surface area (Å²) >= 11 is 6.10. The Kier molecular flexibility index (Phi) is 4.35. The lowest BCUT2D eigenvalue weighted by molar-refractivity contribution is 0.0466. The second-order valence-corrected chi connectivity index (χ2v) is 5.84. The van der Waals surface area contributed by atoms with Gasteiger partial charge in [0.2, 0.25) is 0 Å². The standard InChI is InChI=1S/C16H16ClN5O2/c1-10-6-11(2)22(20-10)14-5-4-13(17)15(19-14)16(23)24-9-12-7-18-21(3)8-12/h4-8H,9H2,1-3H3. The van der Waals surface area contributed by atoms with E-state index >= 15 is 0 Å². The number of pyridine rings is 1. The van der Waals surface area contributed by atoms with Crippen LogP contribution in [0.5, 0.6) is 0 Å². The monoisotopic (exact) mass is 345 g/mol. The number of rotatable bonds is 4. The molecule has 7 nitrogen and oxygen atoms in total. The number of nitrogens with zero attached hydrogens (tertiary/aromatic N) is 5. The average molecular weight is 346 g/mol. The smallest absolute Gasteiger partial charge is 0.358 e. The van der Waals surface area contributed by atoms with Crippen molar-refractivity contribution in [2.45, 2.75) is 20.5 Å². The Morgan fingerprint density at radius 2 is 2.12 bits per heavy atom. The van der Waals surface area contributed by atoms with Gasteiger partial charge in [0.25, 0.3) is 0 Å². The van der Waals surface area contributed by atoms with Gasteiger partial charge in [-0.15, -0.1) is 0 Å². The number of ether oxygens (including phenoxy) is 1. The van der Waals surface area contributed by atoms with Gasteiger partial charge in [0.15, 0.2) is 11.5 Å². The van der Waals surface area contributed by atoms with Crippen LogP contribution in [-0.4, -0.2) is 30.5 Å². The zero-order chi connectivity index (χ0) is 17.3. The van der Waals surface area contributed by atoms with Crippen LogP contribution in [0.4, 0.5) is 0 Å². The Morgan fingerprint density at radius 1 is 1.33 bits per heavy atom. The number of carbonyl (C=O) groups excluding carboxylic acids is 1. The molecule has 0 bridgehead atoms. The Hall–Kier alpha value is -2.67. The highest BCUT2D eigenvalue weighted by molar-refractivity contribution is 6.33. The van der Waals surface area contributed by atoms with Crippen LogP contribution in [0, 0.1) is 13.8 Å². The summed E-state index contributed by atoms with van der Waals surface area (Å²) in [6.07, 6.45) is 3.41. The van der Waals surface area contributed by atoms with Crippen molar-refractivity contribution in [1.29, 1.82) is 0 Å². The number of carbonyl (C=O) groups is 1.